The van der Waals surface area contributed by atoms with Crippen molar-refractivity contribution in [3.8, 4) is 0 Å². The summed E-state index contributed by atoms with van der Waals surface area (Å²) < 4.78 is 5.71. The third-order valence-corrected chi connectivity index (χ3v) is 4.86. The number of hydrogen-bond donors (Lipinski definition) is 1. The van der Waals surface area contributed by atoms with Crippen molar-refractivity contribution >= 4 is 17.2 Å². The van der Waals surface area contributed by atoms with E-state index in [0.717, 1.165) is 24.3 Å². The third kappa shape index (κ3) is 2.66. The summed E-state index contributed by atoms with van der Waals surface area (Å²) in [4.78, 5) is 18.7. The Morgan fingerprint density at radius 1 is 1.53 bits per heavy atom. The van der Waals surface area contributed by atoms with E-state index in [-0.39, 0.29) is 24.0 Å². The van der Waals surface area contributed by atoms with Crippen LogP contribution in [0.4, 0.5) is 0 Å². The molecule has 0 bridgehead atoms. The summed E-state index contributed by atoms with van der Waals surface area (Å²) in [6, 6.07) is 0.0358. The maximum Gasteiger partial charge on any atom is 0.227 e. The van der Waals surface area contributed by atoms with Crippen molar-refractivity contribution in [2.24, 2.45) is 11.7 Å². The highest BCUT2D eigenvalue weighted by Gasteiger charge is 2.36. The Labute approximate surface area is 116 Å². The normalized spacial score (nSPS) is 31.6. The van der Waals surface area contributed by atoms with Gasteiger partial charge in [0.25, 0.3) is 0 Å². The number of nitrogens with zero attached hydrogens (tertiary/aromatic N) is 2. The van der Waals surface area contributed by atoms with Crippen LogP contribution >= 0.6 is 11.3 Å². The smallest absolute Gasteiger partial charge is 0.227 e. The van der Waals surface area contributed by atoms with Gasteiger partial charge in [-0.25, -0.2) is 4.98 Å². The van der Waals surface area contributed by atoms with Crippen LogP contribution in [0.5, 0.6) is 0 Å². The molecule has 19 heavy (non-hydrogen) atoms. The number of carbonyl (C=O) groups is 1. The topological polar surface area (TPSA) is 68.5 Å². The molecular weight excluding hydrogens is 262 g/mol. The molecule has 104 valence electrons. The van der Waals surface area contributed by atoms with Crippen molar-refractivity contribution in [1.82, 2.24) is 9.88 Å². The lowest BCUT2D eigenvalue weighted by atomic mass is 10.0. The molecule has 1 aliphatic carbocycles. The Bertz CT molecular complexity index is 437. The average Bonchev–Trinajstić information content (AvgIpc) is 3.09. The molecule has 0 aromatic carbocycles. The molecule has 5 nitrogen and oxygen atoms in total. The number of hydrogen-bond acceptors (Lipinski definition) is 5. The van der Waals surface area contributed by atoms with Gasteiger partial charge in [0.1, 0.15) is 11.1 Å². The van der Waals surface area contributed by atoms with Crippen LogP contribution in [-0.2, 0) is 9.53 Å². The molecule has 2 fully saturated rings. The second-order valence-corrected chi connectivity index (χ2v) is 6.14. The van der Waals surface area contributed by atoms with E-state index >= 15 is 0 Å². The molecule has 2 heterocycles. The lowest BCUT2D eigenvalue weighted by molar-refractivity contribution is -0.143. The van der Waals surface area contributed by atoms with Crippen LogP contribution in [0.2, 0.25) is 0 Å². The van der Waals surface area contributed by atoms with Gasteiger partial charge in [-0.2, -0.15) is 0 Å². The molecule has 1 saturated heterocycles. The molecule has 1 saturated carbocycles. The molecule has 0 spiro atoms. The van der Waals surface area contributed by atoms with E-state index in [1.807, 2.05) is 10.3 Å². The van der Waals surface area contributed by atoms with Gasteiger partial charge in [0, 0.05) is 24.2 Å². The van der Waals surface area contributed by atoms with E-state index in [2.05, 4.69) is 4.98 Å². The van der Waals surface area contributed by atoms with Gasteiger partial charge in [-0.1, -0.05) is 6.42 Å². The lowest BCUT2D eigenvalue weighted by Crippen LogP contribution is -2.47. The summed E-state index contributed by atoms with van der Waals surface area (Å²) in [6.45, 7) is 1.86. The number of thiazole rings is 1. The zero-order valence-corrected chi connectivity index (χ0v) is 11.6. The van der Waals surface area contributed by atoms with Gasteiger partial charge in [-0.3, -0.25) is 4.79 Å². The summed E-state index contributed by atoms with van der Waals surface area (Å²) in [5.41, 5.74) is 6.03. The molecule has 1 aliphatic heterocycles. The Kier molecular flexibility index (Phi) is 3.81. The van der Waals surface area contributed by atoms with Gasteiger partial charge < -0.3 is 15.4 Å². The van der Waals surface area contributed by atoms with E-state index in [1.165, 1.54) is 0 Å². The zero-order valence-electron chi connectivity index (χ0n) is 10.8. The second kappa shape index (κ2) is 5.56. The number of nitrogens with two attached hydrogens (primary N) is 1. The average molecular weight is 281 g/mol. The Hall–Kier alpha value is -0.980. The number of rotatable bonds is 2. The minimum atomic E-state index is -0.0738. The van der Waals surface area contributed by atoms with Crippen LogP contribution < -0.4 is 5.73 Å². The maximum absolute atomic E-state index is 12.5. The van der Waals surface area contributed by atoms with E-state index < -0.39 is 0 Å². The fraction of sp³-hybridized carbons (Fsp3) is 0.692. The Balaban J connectivity index is 1.66. The largest absolute Gasteiger partial charge is 0.367 e. The van der Waals surface area contributed by atoms with E-state index in [4.69, 9.17) is 10.5 Å². The van der Waals surface area contributed by atoms with Gasteiger partial charge in [-0.15, -0.1) is 11.3 Å². The van der Waals surface area contributed by atoms with Crippen molar-refractivity contribution in [1.29, 1.82) is 0 Å². The van der Waals surface area contributed by atoms with Gasteiger partial charge in [-0.05, 0) is 12.8 Å². The maximum atomic E-state index is 12.5. The van der Waals surface area contributed by atoms with Crippen LogP contribution in [0, 0.1) is 5.92 Å². The summed E-state index contributed by atoms with van der Waals surface area (Å²) in [5.74, 6) is 0.213. The summed E-state index contributed by atoms with van der Waals surface area (Å²) in [5, 5.41) is 2.89. The Morgan fingerprint density at radius 2 is 2.42 bits per heavy atom. The van der Waals surface area contributed by atoms with Crippen molar-refractivity contribution in [3.63, 3.8) is 0 Å². The van der Waals surface area contributed by atoms with Crippen LogP contribution in [0.3, 0.4) is 0 Å². The molecule has 1 aromatic rings. The molecule has 1 aromatic heterocycles. The molecule has 6 heteroatoms. The van der Waals surface area contributed by atoms with Gasteiger partial charge in [0.15, 0.2) is 0 Å². The predicted molar refractivity (Wildman–Crippen MR) is 72.7 cm³/mol. The van der Waals surface area contributed by atoms with Crippen molar-refractivity contribution in [3.05, 3.63) is 16.6 Å². The molecule has 0 radical (unpaired) electrons. The minimum absolute atomic E-state index is 0.00930. The number of ether oxygens (including phenoxy) is 1. The molecule has 3 atom stereocenters. The first-order valence-corrected chi connectivity index (χ1v) is 7.69. The molecule has 1 amide bonds. The number of amides is 1. The minimum Gasteiger partial charge on any atom is -0.367 e. The first-order chi connectivity index (χ1) is 9.25. The van der Waals surface area contributed by atoms with Gasteiger partial charge in [0.05, 0.1) is 19.1 Å². The van der Waals surface area contributed by atoms with E-state index in [1.54, 1.807) is 17.5 Å². The first-order valence-electron chi connectivity index (χ1n) is 6.81. The molecule has 3 rings (SSSR count). The monoisotopic (exact) mass is 281 g/mol. The predicted octanol–water partition coefficient (Wildman–Crippen LogP) is 1.17. The molecule has 2 aliphatic rings. The van der Waals surface area contributed by atoms with Gasteiger partial charge >= 0.3 is 0 Å². The molecule has 2 N–H and O–H groups in total. The molecular formula is C13H19N3O2S. The highest BCUT2D eigenvalue weighted by molar-refractivity contribution is 7.09. The van der Waals surface area contributed by atoms with Crippen LogP contribution in [0.15, 0.2) is 11.6 Å². The standard InChI is InChI=1S/C13H19N3O2S/c14-10-3-1-2-9(10)13(17)16-5-6-18-11(8-16)12-15-4-7-19-12/h4,7,9-11H,1-3,5-6,8,14H2/t9-,10+,11-/m0/s1. The SMILES string of the molecule is N[C@@H]1CCC[C@@H]1C(=O)N1CCO[C@H](c2nccs2)C1. The van der Waals surface area contributed by atoms with Crippen molar-refractivity contribution in [2.45, 2.75) is 31.4 Å². The number of aromatic nitrogens is 1. The lowest BCUT2D eigenvalue weighted by Gasteiger charge is -2.34. The third-order valence-electron chi connectivity index (χ3n) is 3.99. The van der Waals surface area contributed by atoms with Crippen LogP contribution in [0.1, 0.15) is 30.4 Å². The van der Waals surface area contributed by atoms with Crippen molar-refractivity contribution < 1.29 is 9.53 Å². The van der Waals surface area contributed by atoms with E-state index in [9.17, 15) is 4.79 Å². The fourth-order valence-corrected chi connectivity index (χ4v) is 3.60. The fourth-order valence-electron chi connectivity index (χ4n) is 2.92. The Morgan fingerprint density at radius 3 is 3.11 bits per heavy atom. The van der Waals surface area contributed by atoms with E-state index in [0.29, 0.717) is 19.7 Å². The zero-order chi connectivity index (χ0) is 13.2. The second-order valence-electron chi connectivity index (χ2n) is 5.22. The first kappa shape index (κ1) is 13.0. The summed E-state index contributed by atoms with van der Waals surface area (Å²) >= 11 is 1.58. The summed E-state index contributed by atoms with van der Waals surface area (Å²) in [6.07, 6.45) is 4.67. The highest BCUT2D eigenvalue weighted by atomic mass is 32.1. The summed E-state index contributed by atoms with van der Waals surface area (Å²) in [7, 11) is 0. The molecule has 0 unspecified atom stereocenters. The van der Waals surface area contributed by atoms with Gasteiger partial charge in [0.2, 0.25) is 5.91 Å². The highest BCUT2D eigenvalue weighted by Crippen LogP contribution is 2.29. The quantitative estimate of drug-likeness (QED) is 0.883. The number of carbonyl (C=O) groups excluding carboxylic acids is 1. The van der Waals surface area contributed by atoms with Crippen LogP contribution in [-0.4, -0.2) is 41.5 Å². The van der Waals surface area contributed by atoms with Crippen molar-refractivity contribution in [2.75, 3.05) is 19.7 Å². The number of morpholine rings is 1. The van der Waals surface area contributed by atoms with Crippen LogP contribution in [0.25, 0.3) is 0 Å².